The molecule has 0 spiro atoms. The van der Waals surface area contributed by atoms with Crippen molar-refractivity contribution in [3.8, 4) is 16.9 Å². The van der Waals surface area contributed by atoms with Gasteiger partial charge in [-0.15, -0.1) is 0 Å². The molecule has 0 bridgehead atoms. The van der Waals surface area contributed by atoms with Crippen LogP contribution in [0.4, 0.5) is 5.69 Å². The lowest BCUT2D eigenvalue weighted by Gasteiger charge is -2.35. The molecule has 1 aliphatic rings. The molecule has 3 aromatic heterocycles. The molecule has 0 fully saturated rings. The molecule has 0 aliphatic carbocycles. The molecule has 7 rings (SSSR count). The van der Waals surface area contributed by atoms with Gasteiger partial charge < -0.3 is 28.6 Å². The van der Waals surface area contributed by atoms with Gasteiger partial charge in [0.05, 0.1) is 40.7 Å². The Balaban J connectivity index is 1.40. The number of amides is 1. The number of fused-ring (bicyclic) bond motifs is 4. The number of hydrogen-bond donors (Lipinski definition) is 1. The van der Waals surface area contributed by atoms with Gasteiger partial charge in [-0.3, -0.25) is 9.48 Å². The summed E-state index contributed by atoms with van der Waals surface area (Å²) < 4.78 is 17.4. The van der Waals surface area contributed by atoms with Gasteiger partial charge in [0.1, 0.15) is 17.1 Å². The van der Waals surface area contributed by atoms with Crippen molar-refractivity contribution in [3.05, 3.63) is 97.5 Å². The molecule has 1 atom stereocenters. The van der Waals surface area contributed by atoms with E-state index in [9.17, 15) is 9.90 Å². The topological polar surface area (TPSA) is 104 Å². The van der Waals surface area contributed by atoms with Crippen molar-refractivity contribution in [1.29, 1.82) is 0 Å². The number of carboxylic acid groups (broad SMARTS) is 1. The van der Waals surface area contributed by atoms with Crippen LogP contribution in [0.25, 0.3) is 32.9 Å². The second kappa shape index (κ2) is 14.5. The number of benzene rings is 3. The molecule has 3 aromatic carbocycles. The first kappa shape index (κ1) is 37.5. The van der Waals surface area contributed by atoms with Crippen molar-refractivity contribution in [1.82, 2.24) is 18.9 Å². The molecule has 1 amide bonds. The van der Waals surface area contributed by atoms with Crippen LogP contribution in [0.3, 0.4) is 0 Å². The molecule has 54 heavy (non-hydrogen) atoms. The van der Waals surface area contributed by atoms with Crippen molar-refractivity contribution in [2.45, 2.75) is 67.0 Å². The second-order valence-corrected chi connectivity index (χ2v) is 15.3. The number of carbonyl (C=O) groups excluding carboxylic acids is 1. The standard InChI is InChI=1S/C42H45Cl2N5O5/c1-22-16-28-20-34(42(51)52)47(13-15-53-8)38(28)33(17-22)48-21-25(4)49-39-31(11-12-32(43)36(39)35-26(5)45-46(7)27(35)6)30(40(49)41(48)50)10-9-14-54-29-18-23(2)37(44)24(3)19-29/h11-12,16-20,25H,9-10,13-15,21H2,1-8H3,(H,51,52)/t25-/m1/s1. The van der Waals surface area contributed by atoms with Crippen LogP contribution in [0.2, 0.25) is 10.0 Å². The van der Waals surface area contributed by atoms with E-state index >= 15 is 4.79 Å². The molecule has 0 radical (unpaired) electrons. The Hall–Kier alpha value is -4.77. The number of rotatable bonds is 11. The first-order chi connectivity index (χ1) is 25.7. The summed E-state index contributed by atoms with van der Waals surface area (Å²) in [7, 11) is 3.51. The van der Waals surface area contributed by atoms with Crippen LogP contribution in [0, 0.1) is 34.6 Å². The fraction of sp³-hybridized carbons (Fsp3) is 0.357. The zero-order valence-corrected chi connectivity index (χ0v) is 33.4. The Labute approximate surface area is 324 Å². The van der Waals surface area contributed by atoms with E-state index in [4.69, 9.17) is 37.8 Å². The number of aromatic carboxylic acids is 1. The highest BCUT2D eigenvalue weighted by Gasteiger charge is 2.38. The molecule has 1 N–H and O–H groups in total. The van der Waals surface area contributed by atoms with Gasteiger partial charge in [-0.2, -0.15) is 5.10 Å². The number of aromatic nitrogens is 4. The average Bonchev–Trinajstić information content (AvgIpc) is 3.74. The summed E-state index contributed by atoms with van der Waals surface area (Å²) in [6.45, 7) is 13.5. The Morgan fingerprint density at radius 2 is 1.70 bits per heavy atom. The van der Waals surface area contributed by atoms with Crippen LogP contribution in [0.5, 0.6) is 5.75 Å². The first-order valence-electron chi connectivity index (χ1n) is 18.2. The van der Waals surface area contributed by atoms with Gasteiger partial charge >= 0.3 is 5.97 Å². The summed E-state index contributed by atoms with van der Waals surface area (Å²) in [6, 6.07) is 13.3. The number of carbonyl (C=O) groups is 2. The van der Waals surface area contributed by atoms with Crippen LogP contribution in [-0.4, -0.2) is 62.8 Å². The Kier molecular flexibility index (Phi) is 10.1. The number of halogens is 2. The van der Waals surface area contributed by atoms with Crippen LogP contribution >= 0.6 is 23.2 Å². The first-order valence-corrected chi connectivity index (χ1v) is 18.9. The number of nitrogens with zero attached hydrogens (tertiary/aromatic N) is 5. The number of methoxy groups -OCH3 is 1. The van der Waals surface area contributed by atoms with Crippen LogP contribution in [0.15, 0.2) is 42.5 Å². The van der Waals surface area contributed by atoms with E-state index in [1.54, 1.807) is 17.7 Å². The molecule has 0 unspecified atom stereocenters. The monoisotopic (exact) mass is 769 g/mol. The molecule has 4 heterocycles. The maximum atomic E-state index is 15.3. The number of anilines is 1. The van der Waals surface area contributed by atoms with Gasteiger partial charge in [0.15, 0.2) is 0 Å². The summed E-state index contributed by atoms with van der Waals surface area (Å²) >= 11 is 13.5. The van der Waals surface area contributed by atoms with E-state index in [0.29, 0.717) is 61.1 Å². The predicted octanol–water partition coefficient (Wildman–Crippen LogP) is 9.42. The Morgan fingerprint density at radius 1 is 0.981 bits per heavy atom. The summed E-state index contributed by atoms with van der Waals surface area (Å²) in [6.07, 6.45) is 1.22. The second-order valence-electron chi connectivity index (χ2n) is 14.5. The van der Waals surface area contributed by atoms with Gasteiger partial charge in [-0.1, -0.05) is 29.3 Å². The zero-order chi connectivity index (χ0) is 38.7. The number of ether oxygens (including phenoxy) is 2. The predicted molar refractivity (Wildman–Crippen MR) is 215 cm³/mol. The molecule has 0 saturated heterocycles. The van der Waals surface area contributed by atoms with E-state index in [1.807, 2.05) is 87.6 Å². The summed E-state index contributed by atoms with van der Waals surface area (Å²) in [4.78, 5) is 29.6. The van der Waals surface area contributed by atoms with E-state index in [1.165, 1.54) is 0 Å². The van der Waals surface area contributed by atoms with Gasteiger partial charge in [-0.05, 0) is 113 Å². The minimum absolute atomic E-state index is 0.147. The lowest BCUT2D eigenvalue weighted by molar-refractivity contribution is 0.0683. The van der Waals surface area contributed by atoms with Gasteiger partial charge in [0.25, 0.3) is 5.91 Å². The molecule has 10 nitrogen and oxygen atoms in total. The highest BCUT2D eigenvalue weighted by Crippen LogP contribution is 2.46. The number of hydrogen-bond acceptors (Lipinski definition) is 5. The van der Waals surface area contributed by atoms with E-state index in [2.05, 4.69) is 11.5 Å². The summed E-state index contributed by atoms with van der Waals surface area (Å²) in [5, 5.41) is 18.0. The minimum Gasteiger partial charge on any atom is -0.494 e. The fourth-order valence-electron chi connectivity index (χ4n) is 8.27. The maximum Gasteiger partial charge on any atom is 0.352 e. The molecular weight excluding hydrogens is 725 g/mol. The number of carboxylic acids is 1. The van der Waals surface area contributed by atoms with Crippen LogP contribution in [-0.2, 0) is 24.8 Å². The summed E-state index contributed by atoms with van der Waals surface area (Å²) in [5.74, 6) is -0.441. The van der Waals surface area contributed by atoms with Crippen molar-refractivity contribution >= 4 is 62.6 Å². The molecule has 1 aliphatic heterocycles. The average molecular weight is 771 g/mol. The van der Waals surface area contributed by atoms with Crippen LogP contribution in [0.1, 0.15) is 74.0 Å². The highest BCUT2D eigenvalue weighted by atomic mass is 35.5. The van der Waals surface area contributed by atoms with Crippen molar-refractivity contribution in [3.63, 3.8) is 0 Å². The van der Waals surface area contributed by atoms with E-state index in [-0.39, 0.29) is 17.6 Å². The van der Waals surface area contributed by atoms with Gasteiger partial charge in [0.2, 0.25) is 0 Å². The normalized spacial score (nSPS) is 14.4. The fourth-order valence-corrected chi connectivity index (χ4v) is 8.63. The summed E-state index contributed by atoms with van der Waals surface area (Å²) in [5.41, 5.74) is 10.4. The van der Waals surface area contributed by atoms with E-state index in [0.717, 1.165) is 71.8 Å². The third kappa shape index (κ3) is 6.24. The molecule has 6 aromatic rings. The quantitative estimate of drug-likeness (QED) is 0.132. The minimum atomic E-state index is -1.04. The maximum absolute atomic E-state index is 15.3. The molecule has 282 valence electrons. The lowest BCUT2D eigenvalue weighted by atomic mass is 9.98. The third-order valence-corrected chi connectivity index (χ3v) is 11.6. The smallest absolute Gasteiger partial charge is 0.352 e. The number of aryl methyl sites for hydroxylation is 6. The van der Waals surface area contributed by atoms with Crippen molar-refractivity contribution in [2.75, 3.05) is 31.8 Å². The van der Waals surface area contributed by atoms with E-state index < -0.39 is 5.97 Å². The highest BCUT2D eigenvalue weighted by molar-refractivity contribution is 6.35. The largest absolute Gasteiger partial charge is 0.494 e. The molecule has 0 saturated carbocycles. The van der Waals surface area contributed by atoms with Crippen LogP contribution < -0.4 is 9.64 Å². The van der Waals surface area contributed by atoms with Crippen molar-refractivity contribution < 1.29 is 24.2 Å². The Morgan fingerprint density at radius 3 is 2.35 bits per heavy atom. The zero-order valence-electron chi connectivity index (χ0n) is 31.9. The molecule has 12 heteroatoms. The molecular formula is C42H45Cl2N5O5. The third-order valence-electron chi connectivity index (χ3n) is 10.7. The van der Waals surface area contributed by atoms with Gasteiger partial charge in [-0.25, -0.2) is 4.79 Å². The SMILES string of the molecule is COCCn1c(C(=O)O)cc2cc(C)cc(N3C[C@@H](C)n4c(c(CCCOc5cc(C)c(Cl)c(C)c5)c5ccc(Cl)c(-c6c(C)nn(C)c6C)c54)C3=O)c21. The lowest BCUT2D eigenvalue weighted by Crippen LogP contribution is -2.43. The van der Waals surface area contributed by atoms with Gasteiger partial charge in [0, 0.05) is 65.9 Å². The Bertz CT molecular complexity index is 2470. The van der Waals surface area contributed by atoms with Crippen molar-refractivity contribution in [2.24, 2.45) is 7.05 Å².